The van der Waals surface area contributed by atoms with Crippen molar-refractivity contribution in [1.82, 2.24) is 0 Å². The minimum absolute atomic E-state index is 0.00854. The number of carbonyl (C=O) groups excluding carboxylic acids is 1. The largest absolute Gasteiger partial charge is 0.507 e. The van der Waals surface area contributed by atoms with Crippen LogP contribution in [0, 0.1) is 23.7 Å². The van der Waals surface area contributed by atoms with Gasteiger partial charge in [-0.1, -0.05) is 94.0 Å². The lowest BCUT2D eigenvalue weighted by molar-refractivity contribution is -0.141. The zero-order valence-electron chi connectivity index (χ0n) is 44.1. The Balaban J connectivity index is 0.853. The number of fused-ring (bicyclic) bond motifs is 8. The number of hydrogen-bond donors (Lipinski definition) is 1. The average molecular weight is 1040 g/mol. The number of methoxy groups -OCH3 is 3. The van der Waals surface area contributed by atoms with Crippen molar-refractivity contribution >= 4 is 33.9 Å². The first kappa shape index (κ1) is 51.3. The Labute approximate surface area is 444 Å². The maximum absolute atomic E-state index is 15.7. The summed E-state index contributed by atoms with van der Waals surface area (Å²) in [5, 5.41) is 13.5. The molecule has 0 spiro atoms. The van der Waals surface area contributed by atoms with Gasteiger partial charge in [0.2, 0.25) is 0 Å². The van der Waals surface area contributed by atoms with E-state index < -0.39 is 17.7 Å². The van der Waals surface area contributed by atoms with Gasteiger partial charge < -0.3 is 38.6 Å². The van der Waals surface area contributed by atoms with Crippen molar-refractivity contribution in [2.45, 2.75) is 102 Å². The fourth-order valence-corrected chi connectivity index (χ4v) is 13.5. The molecule has 6 aromatic rings. The number of aliphatic hydroxyl groups excluding tert-OH is 1. The minimum Gasteiger partial charge on any atom is -0.507 e. The third-order valence-electron chi connectivity index (χ3n) is 17.6. The van der Waals surface area contributed by atoms with Gasteiger partial charge in [-0.25, -0.2) is 0 Å². The summed E-state index contributed by atoms with van der Waals surface area (Å²) in [5.74, 6) is 2.28. The van der Waals surface area contributed by atoms with Crippen LogP contribution in [0.5, 0.6) is 28.7 Å². The number of ether oxygens (including phenoxy) is 5. The van der Waals surface area contributed by atoms with E-state index in [0.29, 0.717) is 82.2 Å². The first-order valence-electron chi connectivity index (χ1n) is 27.5. The van der Waals surface area contributed by atoms with E-state index in [1.807, 2.05) is 60.7 Å². The lowest BCUT2D eigenvalue weighted by Gasteiger charge is -2.39. The summed E-state index contributed by atoms with van der Waals surface area (Å²) < 4.78 is 77.6. The molecule has 11 rings (SSSR count). The summed E-state index contributed by atoms with van der Waals surface area (Å²) in [4.78, 5) is 17.9. The Bertz CT molecular complexity index is 3030. The average Bonchev–Trinajstić information content (AvgIpc) is 3.93. The second-order valence-electron chi connectivity index (χ2n) is 21.7. The number of halogens is 3. The van der Waals surface area contributed by atoms with E-state index in [1.54, 1.807) is 63.8 Å². The molecule has 3 fully saturated rings. The number of rotatable bonds is 14. The highest BCUT2D eigenvalue weighted by Crippen LogP contribution is 2.61. The Morgan fingerprint density at radius 3 is 1.87 bits per heavy atom. The summed E-state index contributed by atoms with van der Waals surface area (Å²) in [7, 11) is 4.73. The molecule has 5 aliphatic rings. The van der Waals surface area contributed by atoms with Crippen molar-refractivity contribution in [2.24, 2.45) is 23.7 Å². The number of alkyl halides is 3. The molecule has 9 nitrogen and oxygen atoms in total. The van der Waals surface area contributed by atoms with Crippen molar-refractivity contribution in [3.63, 3.8) is 0 Å². The molecule has 1 atom stereocenters. The summed E-state index contributed by atoms with van der Waals surface area (Å²) >= 11 is 0. The number of unbranched alkanes of at least 4 members (excludes halogenated alkanes) is 2. The van der Waals surface area contributed by atoms with Crippen LogP contribution in [-0.2, 0) is 10.4 Å². The van der Waals surface area contributed by atoms with Crippen LogP contribution in [0.4, 0.5) is 24.5 Å². The molecule has 1 unspecified atom stereocenters. The van der Waals surface area contributed by atoms with Gasteiger partial charge >= 0.3 is 12.1 Å². The molecule has 0 aromatic heterocycles. The number of anilines is 2. The molecule has 6 aromatic carbocycles. The van der Waals surface area contributed by atoms with Crippen LogP contribution in [-0.4, -0.2) is 64.8 Å². The lowest BCUT2D eigenvalue weighted by atomic mass is 9.68. The predicted molar refractivity (Wildman–Crippen MR) is 293 cm³/mol. The lowest BCUT2D eigenvalue weighted by Crippen LogP contribution is -2.46. The van der Waals surface area contributed by atoms with Crippen LogP contribution in [0.25, 0.3) is 27.7 Å². The molecule has 2 heterocycles. The smallest absolute Gasteiger partial charge is 0.399 e. The monoisotopic (exact) mass is 1030 g/mol. The molecule has 3 aliphatic carbocycles. The van der Waals surface area contributed by atoms with Crippen LogP contribution in [0.1, 0.15) is 118 Å². The number of hydrogen-bond acceptors (Lipinski definition) is 9. The van der Waals surface area contributed by atoms with E-state index in [1.165, 1.54) is 63.5 Å². The number of carbonyl (C=O) groups is 1. The standard InChI is InChI=1S/C64H69F3N2O7/c1-5-6-7-10-40-13-15-41(16-14-40)42-17-19-43(20-18-42)62(71)75-49-31-25-46(26-32-49)68-33-35-69(36-34-68)54-37-52-53(38-56(54)74-4)61-58(59-57(52)50-11-8-9-12-51(50)60(59)64(65,66)67)55(70)39-63(76-61,44-21-27-47(72-2)28-22-44)45-23-29-48(73-3)30-24-45/h8-9,11-12,21-32,37-43,60,70H,5-7,10,13-20,33-36H2,1-4H3/t40-,41-,42-,43-,60?. The SMILES string of the molecule is CCCCC[C@H]1CC[C@H]([C@H]2CC[C@H](C(=O)Oc3ccc(N4CCN(c5cc6c7c(c8c(c6cc5OC)OC(c5ccc(OC)cc5)(c5ccc(OC)cc5)C=C8O)C(C(F)(F)F)c5ccccc5-7)CC4)cc3)CC2)CC1. The number of piperazine rings is 1. The van der Waals surface area contributed by atoms with Gasteiger partial charge in [0.05, 0.1) is 38.5 Å². The first-order valence-corrected chi connectivity index (χ1v) is 27.5. The molecule has 1 N–H and O–H groups in total. The van der Waals surface area contributed by atoms with Gasteiger partial charge in [0.25, 0.3) is 0 Å². The number of nitrogens with zero attached hydrogens (tertiary/aromatic N) is 2. The Kier molecular flexibility index (Phi) is 14.4. The fourth-order valence-electron chi connectivity index (χ4n) is 13.5. The highest BCUT2D eigenvalue weighted by atomic mass is 19.4. The highest BCUT2D eigenvalue weighted by molar-refractivity contribution is 6.10. The molecule has 0 bridgehead atoms. The van der Waals surface area contributed by atoms with Crippen LogP contribution in [0.2, 0.25) is 0 Å². The van der Waals surface area contributed by atoms with Gasteiger partial charge in [0.15, 0.2) is 5.60 Å². The minimum atomic E-state index is -4.71. The number of benzene rings is 6. The van der Waals surface area contributed by atoms with Crippen LogP contribution in [0.3, 0.4) is 0 Å². The Morgan fingerprint density at radius 2 is 1.28 bits per heavy atom. The maximum atomic E-state index is 15.7. The van der Waals surface area contributed by atoms with Crippen molar-refractivity contribution in [2.75, 3.05) is 57.3 Å². The first-order chi connectivity index (χ1) is 36.9. The highest BCUT2D eigenvalue weighted by Gasteiger charge is 2.52. The Hall–Kier alpha value is -6.82. The zero-order chi connectivity index (χ0) is 52.7. The van der Waals surface area contributed by atoms with Gasteiger partial charge in [0, 0.05) is 54.5 Å². The van der Waals surface area contributed by atoms with E-state index in [0.717, 1.165) is 54.8 Å². The summed E-state index contributed by atoms with van der Waals surface area (Å²) in [6, 6.07) is 32.7. The maximum Gasteiger partial charge on any atom is 0.399 e. The molecule has 2 aliphatic heterocycles. The van der Waals surface area contributed by atoms with Gasteiger partial charge in [0.1, 0.15) is 40.4 Å². The van der Waals surface area contributed by atoms with Crippen molar-refractivity contribution in [1.29, 1.82) is 0 Å². The third kappa shape index (κ3) is 9.59. The van der Waals surface area contributed by atoms with Crippen molar-refractivity contribution in [3.05, 3.63) is 143 Å². The molecular weight excluding hydrogens is 966 g/mol. The van der Waals surface area contributed by atoms with Crippen LogP contribution >= 0.6 is 0 Å². The van der Waals surface area contributed by atoms with E-state index in [-0.39, 0.29) is 40.1 Å². The summed E-state index contributed by atoms with van der Waals surface area (Å²) in [5.41, 5.74) is 2.38. The second kappa shape index (κ2) is 21.3. The summed E-state index contributed by atoms with van der Waals surface area (Å²) in [6.45, 7) is 4.77. The van der Waals surface area contributed by atoms with Gasteiger partial charge in [-0.05, 0) is 145 Å². The number of aliphatic hydroxyl groups is 1. The molecule has 12 heteroatoms. The quantitative estimate of drug-likeness (QED) is 0.0651. The van der Waals surface area contributed by atoms with E-state index in [2.05, 4.69) is 16.7 Å². The predicted octanol–water partition coefficient (Wildman–Crippen LogP) is 15.2. The van der Waals surface area contributed by atoms with Gasteiger partial charge in [-0.3, -0.25) is 4.79 Å². The summed E-state index contributed by atoms with van der Waals surface area (Å²) in [6.07, 6.45) is 11.7. The molecule has 0 amide bonds. The molecular formula is C64H69F3N2O7. The second-order valence-corrected chi connectivity index (χ2v) is 21.7. The zero-order valence-corrected chi connectivity index (χ0v) is 44.1. The fraction of sp³-hybridized carbons (Fsp3) is 0.422. The van der Waals surface area contributed by atoms with E-state index in [4.69, 9.17) is 23.7 Å². The molecule has 398 valence electrons. The molecule has 1 saturated heterocycles. The normalized spacial score (nSPS) is 21.9. The van der Waals surface area contributed by atoms with Gasteiger partial charge in [-0.2, -0.15) is 13.2 Å². The van der Waals surface area contributed by atoms with Crippen LogP contribution < -0.4 is 33.5 Å². The molecule has 76 heavy (non-hydrogen) atoms. The molecule has 0 radical (unpaired) electrons. The Morgan fingerprint density at radius 1 is 0.684 bits per heavy atom. The van der Waals surface area contributed by atoms with E-state index in [9.17, 15) is 9.90 Å². The third-order valence-corrected chi connectivity index (χ3v) is 17.6. The van der Waals surface area contributed by atoms with Crippen molar-refractivity contribution in [3.8, 4) is 39.9 Å². The van der Waals surface area contributed by atoms with Crippen LogP contribution in [0.15, 0.2) is 115 Å². The molecule has 2 saturated carbocycles. The topological polar surface area (TPSA) is 89.9 Å². The van der Waals surface area contributed by atoms with E-state index >= 15 is 13.2 Å². The van der Waals surface area contributed by atoms with Gasteiger partial charge in [-0.15, -0.1) is 0 Å². The van der Waals surface area contributed by atoms with Crippen molar-refractivity contribution < 1.29 is 46.8 Å². The number of esters is 1.